The molecule has 0 fully saturated rings. The van der Waals surface area contributed by atoms with Crippen molar-refractivity contribution in [1.29, 1.82) is 5.26 Å². The van der Waals surface area contributed by atoms with Crippen LogP contribution in [0.2, 0.25) is 0 Å². The normalized spacial score (nSPS) is 8.50. The molecular formula is C13H11NO2. The first-order valence-electron chi connectivity index (χ1n) is 4.78. The van der Waals surface area contributed by atoms with E-state index in [9.17, 15) is 4.79 Å². The van der Waals surface area contributed by atoms with Gasteiger partial charge in [-0.05, 0) is 17.7 Å². The van der Waals surface area contributed by atoms with E-state index < -0.39 is 0 Å². The number of carbonyl (C=O) groups is 1. The molecule has 0 atom stereocenters. The number of esters is 1. The summed E-state index contributed by atoms with van der Waals surface area (Å²) in [5, 5.41) is 8.34. The lowest BCUT2D eigenvalue weighted by molar-refractivity contribution is -0.139. The zero-order valence-electron chi connectivity index (χ0n) is 8.99. The van der Waals surface area contributed by atoms with E-state index in [0.29, 0.717) is 0 Å². The highest BCUT2D eigenvalue weighted by molar-refractivity contribution is 5.72. The number of hydrogen-bond donors (Lipinski definition) is 0. The van der Waals surface area contributed by atoms with Crippen molar-refractivity contribution in [3.05, 3.63) is 35.4 Å². The van der Waals surface area contributed by atoms with E-state index in [0.717, 1.165) is 11.1 Å². The fourth-order valence-electron chi connectivity index (χ4n) is 1.18. The third kappa shape index (κ3) is 3.86. The van der Waals surface area contributed by atoms with Crippen LogP contribution in [0, 0.1) is 23.2 Å². The summed E-state index contributed by atoms with van der Waals surface area (Å²) in [6.07, 6.45) is 0.450. The van der Waals surface area contributed by atoms with Crippen LogP contribution in [0.4, 0.5) is 0 Å². The molecule has 0 heterocycles. The van der Waals surface area contributed by atoms with Crippen LogP contribution in [0.3, 0.4) is 0 Å². The van der Waals surface area contributed by atoms with Crippen molar-refractivity contribution in [2.24, 2.45) is 0 Å². The lowest BCUT2D eigenvalue weighted by Crippen LogP contribution is -2.04. The number of carbonyl (C=O) groups excluding carboxylic acids is 1. The van der Waals surface area contributed by atoms with Gasteiger partial charge in [0.15, 0.2) is 0 Å². The van der Waals surface area contributed by atoms with Crippen LogP contribution in [-0.2, 0) is 16.0 Å². The molecule has 1 aromatic rings. The Balaban J connectivity index is 2.77. The van der Waals surface area contributed by atoms with Gasteiger partial charge < -0.3 is 4.74 Å². The molecule has 0 bridgehead atoms. The molecule has 3 heteroatoms. The van der Waals surface area contributed by atoms with Gasteiger partial charge in [-0.3, -0.25) is 4.79 Å². The van der Waals surface area contributed by atoms with Gasteiger partial charge in [0.25, 0.3) is 0 Å². The minimum atomic E-state index is -0.276. The average Bonchev–Trinajstić information content (AvgIpc) is 2.30. The molecule has 0 unspecified atom stereocenters. The van der Waals surface area contributed by atoms with Crippen molar-refractivity contribution in [2.45, 2.75) is 12.8 Å². The maximum absolute atomic E-state index is 11.1. The number of hydrogen-bond acceptors (Lipinski definition) is 3. The van der Waals surface area contributed by atoms with Crippen molar-refractivity contribution >= 4 is 5.97 Å². The SMILES string of the molecule is COC(=O)Cc1cccc(C#CCC#N)c1. The molecule has 0 aromatic heterocycles. The van der Waals surface area contributed by atoms with Crippen LogP contribution >= 0.6 is 0 Å². The van der Waals surface area contributed by atoms with E-state index in [1.54, 1.807) is 0 Å². The van der Waals surface area contributed by atoms with E-state index in [1.165, 1.54) is 7.11 Å². The van der Waals surface area contributed by atoms with Gasteiger partial charge in [0.2, 0.25) is 0 Å². The first kappa shape index (κ1) is 11.8. The highest BCUT2D eigenvalue weighted by atomic mass is 16.5. The summed E-state index contributed by atoms with van der Waals surface area (Å²) in [6.45, 7) is 0. The fraction of sp³-hybridized carbons (Fsp3) is 0.231. The van der Waals surface area contributed by atoms with Gasteiger partial charge in [-0.25, -0.2) is 0 Å². The number of nitrogens with zero attached hydrogens (tertiary/aromatic N) is 1. The average molecular weight is 213 g/mol. The lowest BCUT2D eigenvalue weighted by atomic mass is 10.1. The van der Waals surface area contributed by atoms with Crippen molar-refractivity contribution in [3.63, 3.8) is 0 Å². The van der Waals surface area contributed by atoms with E-state index >= 15 is 0 Å². The summed E-state index contributed by atoms with van der Waals surface area (Å²) in [6, 6.07) is 9.27. The Morgan fingerprint density at radius 1 is 1.50 bits per heavy atom. The van der Waals surface area contributed by atoms with E-state index in [4.69, 9.17) is 5.26 Å². The first-order valence-corrected chi connectivity index (χ1v) is 4.78. The summed E-state index contributed by atoms with van der Waals surface area (Å²) in [7, 11) is 1.36. The summed E-state index contributed by atoms with van der Waals surface area (Å²) in [5.74, 6) is 5.30. The standard InChI is InChI=1S/C13H11NO2/c1-16-13(15)10-12-7-4-6-11(9-12)5-2-3-8-14/h4,6-7,9H,3,10H2,1H3. The van der Waals surface area contributed by atoms with Crippen molar-refractivity contribution in [2.75, 3.05) is 7.11 Å². The number of nitriles is 1. The summed E-state index contributed by atoms with van der Waals surface area (Å²) in [4.78, 5) is 11.1. The monoisotopic (exact) mass is 213 g/mol. The third-order valence-corrected chi connectivity index (χ3v) is 1.90. The lowest BCUT2D eigenvalue weighted by Gasteiger charge is -2.00. The van der Waals surface area contributed by atoms with Crippen LogP contribution in [-0.4, -0.2) is 13.1 Å². The third-order valence-electron chi connectivity index (χ3n) is 1.90. The molecule has 0 radical (unpaired) electrons. The minimum Gasteiger partial charge on any atom is -0.469 e. The zero-order chi connectivity index (χ0) is 11.8. The van der Waals surface area contributed by atoms with Gasteiger partial charge in [-0.15, -0.1) is 0 Å². The Bertz CT molecular complexity index is 475. The maximum atomic E-state index is 11.1. The van der Waals surface area contributed by atoms with Gasteiger partial charge in [0.05, 0.1) is 26.0 Å². The van der Waals surface area contributed by atoms with Gasteiger partial charge in [0.1, 0.15) is 0 Å². The molecule has 0 N–H and O–H groups in total. The van der Waals surface area contributed by atoms with Crippen LogP contribution in [0.5, 0.6) is 0 Å². The fourth-order valence-corrected chi connectivity index (χ4v) is 1.18. The second kappa shape index (κ2) is 6.27. The molecule has 0 aliphatic heterocycles. The largest absolute Gasteiger partial charge is 0.469 e. The predicted molar refractivity (Wildman–Crippen MR) is 59.3 cm³/mol. The van der Waals surface area contributed by atoms with Gasteiger partial charge in [0, 0.05) is 5.56 Å². The van der Waals surface area contributed by atoms with Gasteiger partial charge >= 0.3 is 5.97 Å². The van der Waals surface area contributed by atoms with E-state index in [1.807, 2.05) is 30.3 Å². The molecule has 16 heavy (non-hydrogen) atoms. The topological polar surface area (TPSA) is 50.1 Å². The molecule has 0 aliphatic rings. The quantitative estimate of drug-likeness (QED) is 0.554. The number of benzene rings is 1. The molecule has 0 amide bonds. The van der Waals surface area contributed by atoms with Gasteiger partial charge in [-0.2, -0.15) is 5.26 Å². The number of ether oxygens (including phenoxy) is 1. The molecular weight excluding hydrogens is 202 g/mol. The van der Waals surface area contributed by atoms with E-state index in [2.05, 4.69) is 16.6 Å². The molecule has 3 nitrogen and oxygen atoms in total. The van der Waals surface area contributed by atoms with Gasteiger partial charge in [-0.1, -0.05) is 24.0 Å². The van der Waals surface area contributed by atoms with E-state index in [-0.39, 0.29) is 18.8 Å². The molecule has 0 saturated carbocycles. The van der Waals surface area contributed by atoms with Crippen LogP contribution < -0.4 is 0 Å². The number of methoxy groups -OCH3 is 1. The summed E-state index contributed by atoms with van der Waals surface area (Å²) < 4.78 is 4.57. The summed E-state index contributed by atoms with van der Waals surface area (Å²) in [5.41, 5.74) is 1.66. The van der Waals surface area contributed by atoms with Crippen LogP contribution in [0.25, 0.3) is 0 Å². The summed E-state index contributed by atoms with van der Waals surface area (Å²) >= 11 is 0. The Kier molecular flexibility index (Phi) is 4.63. The number of rotatable bonds is 2. The van der Waals surface area contributed by atoms with Crippen LogP contribution in [0.15, 0.2) is 24.3 Å². The first-order chi connectivity index (χ1) is 7.76. The highest BCUT2D eigenvalue weighted by Gasteiger charge is 2.02. The predicted octanol–water partition coefficient (Wildman–Crippen LogP) is 1.67. The highest BCUT2D eigenvalue weighted by Crippen LogP contribution is 2.05. The molecule has 1 aromatic carbocycles. The molecule has 80 valence electrons. The van der Waals surface area contributed by atoms with Crippen molar-refractivity contribution < 1.29 is 9.53 Å². The Morgan fingerprint density at radius 3 is 3.00 bits per heavy atom. The molecule has 0 saturated heterocycles. The molecule has 0 spiro atoms. The second-order valence-corrected chi connectivity index (χ2v) is 3.09. The van der Waals surface area contributed by atoms with Crippen LogP contribution in [0.1, 0.15) is 17.5 Å². The Labute approximate surface area is 94.7 Å². The molecule has 0 aliphatic carbocycles. The Hall–Kier alpha value is -2.26. The van der Waals surface area contributed by atoms with Crippen molar-refractivity contribution in [1.82, 2.24) is 0 Å². The molecule has 1 rings (SSSR count). The minimum absolute atomic E-state index is 0.210. The zero-order valence-corrected chi connectivity index (χ0v) is 8.99. The van der Waals surface area contributed by atoms with Crippen molar-refractivity contribution in [3.8, 4) is 17.9 Å². The second-order valence-electron chi connectivity index (χ2n) is 3.09. The Morgan fingerprint density at radius 2 is 2.31 bits per heavy atom. The smallest absolute Gasteiger partial charge is 0.309 e. The maximum Gasteiger partial charge on any atom is 0.309 e.